The number of hydrogen-bond acceptors (Lipinski definition) is 2. The third kappa shape index (κ3) is 3.26. The molecule has 80 valence electrons. The standard InChI is InChI=1S/C12H9ClN2O/c13-11(9-4-2-1-3-5-9)7-6-10(8-14)12(15)16/h1-7H,(H2,15,16)/b10-6-,11-7+. The zero-order valence-electron chi connectivity index (χ0n) is 8.35. The summed E-state index contributed by atoms with van der Waals surface area (Å²) in [4.78, 5) is 10.7. The molecule has 0 fully saturated rings. The first-order chi connectivity index (χ1) is 7.65. The second kappa shape index (κ2) is 5.74. The van der Waals surface area contributed by atoms with Crippen molar-refractivity contribution in [1.29, 1.82) is 5.26 Å². The average Bonchev–Trinajstić information content (AvgIpc) is 2.30. The maximum atomic E-state index is 10.7. The first-order valence-corrected chi connectivity index (χ1v) is 4.85. The summed E-state index contributed by atoms with van der Waals surface area (Å²) >= 11 is 5.97. The van der Waals surface area contributed by atoms with E-state index in [1.165, 1.54) is 12.2 Å². The van der Waals surface area contributed by atoms with Crippen molar-refractivity contribution in [3.8, 4) is 6.07 Å². The number of nitriles is 1. The van der Waals surface area contributed by atoms with Crippen LogP contribution in [0.15, 0.2) is 48.1 Å². The second-order valence-electron chi connectivity index (χ2n) is 2.94. The van der Waals surface area contributed by atoms with Gasteiger partial charge in [-0.2, -0.15) is 5.26 Å². The Labute approximate surface area is 98.4 Å². The quantitative estimate of drug-likeness (QED) is 0.493. The van der Waals surface area contributed by atoms with Crippen molar-refractivity contribution in [2.24, 2.45) is 5.73 Å². The second-order valence-corrected chi connectivity index (χ2v) is 3.34. The van der Waals surface area contributed by atoms with Crippen molar-refractivity contribution in [1.82, 2.24) is 0 Å². The van der Waals surface area contributed by atoms with E-state index >= 15 is 0 Å². The van der Waals surface area contributed by atoms with Crippen LogP contribution in [0.1, 0.15) is 5.56 Å². The van der Waals surface area contributed by atoms with Crippen LogP contribution >= 0.6 is 11.6 Å². The summed E-state index contributed by atoms with van der Waals surface area (Å²) in [5.74, 6) is -0.767. The van der Waals surface area contributed by atoms with E-state index in [0.29, 0.717) is 5.03 Å². The number of carbonyl (C=O) groups is 1. The van der Waals surface area contributed by atoms with Gasteiger partial charge < -0.3 is 5.73 Å². The van der Waals surface area contributed by atoms with Gasteiger partial charge >= 0.3 is 0 Å². The molecule has 0 aromatic heterocycles. The van der Waals surface area contributed by atoms with Crippen LogP contribution in [0.5, 0.6) is 0 Å². The maximum Gasteiger partial charge on any atom is 0.259 e. The lowest BCUT2D eigenvalue weighted by molar-refractivity contribution is -0.114. The molecule has 1 amide bonds. The summed E-state index contributed by atoms with van der Waals surface area (Å²) in [5.41, 5.74) is 5.65. The molecule has 0 spiro atoms. The number of hydrogen-bond donors (Lipinski definition) is 1. The molecule has 0 aliphatic heterocycles. The van der Waals surface area contributed by atoms with Gasteiger partial charge in [-0.25, -0.2) is 0 Å². The van der Waals surface area contributed by atoms with Crippen molar-refractivity contribution in [3.05, 3.63) is 53.6 Å². The van der Waals surface area contributed by atoms with E-state index in [1.807, 2.05) is 30.3 Å². The van der Waals surface area contributed by atoms with E-state index in [-0.39, 0.29) is 5.57 Å². The van der Waals surface area contributed by atoms with E-state index in [9.17, 15) is 4.79 Å². The molecule has 0 saturated carbocycles. The minimum Gasteiger partial charge on any atom is -0.365 e. The summed E-state index contributed by atoms with van der Waals surface area (Å²) in [7, 11) is 0. The Kier molecular flexibility index (Phi) is 4.31. The molecule has 1 rings (SSSR count). The number of halogens is 1. The molecule has 1 aromatic rings. The molecule has 0 aliphatic rings. The van der Waals surface area contributed by atoms with Gasteiger partial charge in [0.25, 0.3) is 5.91 Å². The van der Waals surface area contributed by atoms with Crippen LogP contribution < -0.4 is 5.73 Å². The molecule has 0 unspecified atom stereocenters. The molecule has 1 aromatic carbocycles. The topological polar surface area (TPSA) is 66.9 Å². The first-order valence-electron chi connectivity index (χ1n) is 4.48. The molecule has 0 aliphatic carbocycles. The number of benzene rings is 1. The van der Waals surface area contributed by atoms with Gasteiger partial charge in [0.15, 0.2) is 0 Å². The fraction of sp³-hybridized carbons (Fsp3) is 0. The van der Waals surface area contributed by atoms with Crippen LogP contribution in [-0.4, -0.2) is 5.91 Å². The van der Waals surface area contributed by atoms with E-state index in [1.54, 1.807) is 6.07 Å². The minimum absolute atomic E-state index is 0.130. The largest absolute Gasteiger partial charge is 0.365 e. The van der Waals surface area contributed by atoms with Crippen LogP contribution in [0.3, 0.4) is 0 Å². The number of primary amides is 1. The Hall–Kier alpha value is -2.05. The van der Waals surface area contributed by atoms with Crippen LogP contribution in [0, 0.1) is 11.3 Å². The maximum absolute atomic E-state index is 10.7. The highest BCUT2D eigenvalue weighted by atomic mass is 35.5. The van der Waals surface area contributed by atoms with Gasteiger partial charge in [-0.1, -0.05) is 41.9 Å². The minimum atomic E-state index is -0.767. The Morgan fingerprint density at radius 2 is 1.94 bits per heavy atom. The highest BCUT2D eigenvalue weighted by Gasteiger charge is 2.01. The lowest BCUT2D eigenvalue weighted by Crippen LogP contribution is -2.12. The predicted octanol–water partition coefficient (Wildman–Crippen LogP) is 2.20. The van der Waals surface area contributed by atoms with E-state index in [0.717, 1.165) is 5.56 Å². The molecule has 16 heavy (non-hydrogen) atoms. The van der Waals surface area contributed by atoms with Crippen LogP contribution in [0.25, 0.3) is 5.03 Å². The van der Waals surface area contributed by atoms with Crippen molar-refractivity contribution >= 4 is 22.5 Å². The molecule has 0 saturated heterocycles. The molecule has 0 atom stereocenters. The number of amides is 1. The lowest BCUT2D eigenvalue weighted by Gasteiger charge is -1.96. The molecule has 0 bridgehead atoms. The van der Waals surface area contributed by atoms with Crippen LogP contribution in [0.2, 0.25) is 0 Å². The Balaban J connectivity index is 2.95. The van der Waals surface area contributed by atoms with Crippen molar-refractivity contribution < 1.29 is 4.79 Å². The summed E-state index contributed by atoms with van der Waals surface area (Å²) < 4.78 is 0. The number of nitrogens with zero attached hydrogens (tertiary/aromatic N) is 1. The summed E-state index contributed by atoms with van der Waals surface area (Å²) in [6, 6.07) is 10.9. The van der Waals surface area contributed by atoms with Crippen molar-refractivity contribution in [3.63, 3.8) is 0 Å². The van der Waals surface area contributed by atoms with Gasteiger partial charge in [0, 0.05) is 5.03 Å². The van der Waals surface area contributed by atoms with Gasteiger partial charge in [0.2, 0.25) is 0 Å². The Morgan fingerprint density at radius 3 is 2.44 bits per heavy atom. The SMILES string of the molecule is N#C/C(=C/C=C(/Cl)c1ccccc1)C(N)=O. The number of rotatable bonds is 3. The van der Waals surface area contributed by atoms with E-state index < -0.39 is 5.91 Å². The molecule has 4 heteroatoms. The molecule has 0 radical (unpaired) electrons. The van der Waals surface area contributed by atoms with Gasteiger partial charge in [-0.05, 0) is 17.7 Å². The zero-order chi connectivity index (χ0) is 12.0. The number of allylic oxidation sites excluding steroid dienone is 2. The van der Waals surface area contributed by atoms with Crippen LogP contribution in [-0.2, 0) is 4.79 Å². The molecule has 3 nitrogen and oxygen atoms in total. The van der Waals surface area contributed by atoms with E-state index in [2.05, 4.69) is 0 Å². The highest BCUT2D eigenvalue weighted by Crippen LogP contribution is 2.18. The summed E-state index contributed by atoms with van der Waals surface area (Å²) in [6.45, 7) is 0. The Bertz CT molecular complexity index is 483. The fourth-order valence-electron chi connectivity index (χ4n) is 1.02. The van der Waals surface area contributed by atoms with E-state index in [4.69, 9.17) is 22.6 Å². The molecule has 0 heterocycles. The van der Waals surface area contributed by atoms with Gasteiger partial charge in [-0.3, -0.25) is 4.79 Å². The fourth-order valence-corrected chi connectivity index (χ4v) is 1.21. The van der Waals surface area contributed by atoms with Crippen molar-refractivity contribution in [2.45, 2.75) is 0 Å². The smallest absolute Gasteiger partial charge is 0.259 e. The molecule has 2 N–H and O–H groups in total. The normalized spacial score (nSPS) is 12.0. The monoisotopic (exact) mass is 232 g/mol. The summed E-state index contributed by atoms with van der Waals surface area (Å²) in [5, 5.41) is 9.03. The summed E-state index contributed by atoms with van der Waals surface area (Å²) in [6.07, 6.45) is 2.78. The Morgan fingerprint density at radius 1 is 1.31 bits per heavy atom. The number of carbonyl (C=O) groups excluding carboxylic acids is 1. The number of nitrogens with two attached hydrogens (primary N) is 1. The zero-order valence-corrected chi connectivity index (χ0v) is 9.11. The van der Waals surface area contributed by atoms with Gasteiger partial charge in [-0.15, -0.1) is 0 Å². The first kappa shape index (κ1) is 12.0. The average molecular weight is 233 g/mol. The van der Waals surface area contributed by atoms with Gasteiger partial charge in [0.05, 0.1) is 0 Å². The van der Waals surface area contributed by atoms with Crippen molar-refractivity contribution in [2.75, 3.05) is 0 Å². The lowest BCUT2D eigenvalue weighted by atomic mass is 10.2. The predicted molar refractivity (Wildman–Crippen MR) is 63.2 cm³/mol. The molecular weight excluding hydrogens is 224 g/mol. The third-order valence-electron chi connectivity index (χ3n) is 1.83. The van der Waals surface area contributed by atoms with Crippen LogP contribution in [0.4, 0.5) is 0 Å². The van der Waals surface area contributed by atoms with Gasteiger partial charge in [0.1, 0.15) is 11.6 Å². The third-order valence-corrected chi connectivity index (χ3v) is 2.18. The highest BCUT2D eigenvalue weighted by molar-refractivity contribution is 6.48. The molecular formula is C12H9ClN2O.